The van der Waals surface area contributed by atoms with E-state index in [0.717, 1.165) is 42.3 Å². The maximum atomic E-state index is 13.0. The van der Waals surface area contributed by atoms with E-state index in [1.165, 1.54) is 17.2 Å². The van der Waals surface area contributed by atoms with Crippen molar-refractivity contribution in [1.29, 1.82) is 0 Å². The molecule has 32 heavy (non-hydrogen) atoms. The first kappa shape index (κ1) is 22.1. The number of aromatic nitrogens is 1. The van der Waals surface area contributed by atoms with Crippen LogP contribution in [0.5, 0.6) is 5.88 Å². The number of nitrogens with zero attached hydrogens (tertiary/aromatic N) is 1. The van der Waals surface area contributed by atoms with Gasteiger partial charge >= 0.3 is 6.18 Å². The molecule has 3 aromatic rings. The number of hydrogen-bond acceptors (Lipinski definition) is 4. The van der Waals surface area contributed by atoms with E-state index in [9.17, 15) is 18.0 Å². The predicted molar refractivity (Wildman–Crippen MR) is 115 cm³/mol. The molecule has 5 nitrogen and oxygen atoms in total. The first-order chi connectivity index (χ1) is 15.2. The molecule has 0 fully saturated rings. The number of rotatable bonds is 7. The Morgan fingerprint density at radius 2 is 1.94 bits per heavy atom. The number of alkyl halides is 3. The van der Waals surface area contributed by atoms with Crippen molar-refractivity contribution in [2.75, 3.05) is 0 Å². The molecule has 8 heteroatoms. The lowest BCUT2D eigenvalue weighted by Gasteiger charge is -2.16. The van der Waals surface area contributed by atoms with Crippen molar-refractivity contribution in [3.63, 3.8) is 0 Å². The second-order valence-corrected chi connectivity index (χ2v) is 8.11. The fourth-order valence-electron chi connectivity index (χ4n) is 3.88. The van der Waals surface area contributed by atoms with Gasteiger partial charge in [-0.1, -0.05) is 12.1 Å². The third kappa shape index (κ3) is 4.85. The molecule has 3 N–H and O–H groups in total. The predicted octanol–water partition coefficient (Wildman–Crippen LogP) is 4.28. The summed E-state index contributed by atoms with van der Waals surface area (Å²) >= 11 is 0. The van der Waals surface area contributed by atoms with Gasteiger partial charge in [-0.2, -0.15) is 13.2 Å². The van der Waals surface area contributed by atoms with Crippen molar-refractivity contribution in [2.24, 2.45) is 5.73 Å². The minimum atomic E-state index is -4.42. The van der Waals surface area contributed by atoms with E-state index in [2.05, 4.69) is 22.4 Å². The first-order valence-electron chi connectivity index (χ1n) is 10.5. The van der Waals surface area contributed by atoms with Gasteiger partial charge in [-0.3, -0.25) is 4.79 Å². The zero-order valence-corrected chi connectivity index (χ0v) is 17.6. The van der Waals surface area contributed by atoms with E-state index in [4.69, 9.17) is 10.5 Å². The Morgan fingerprint density at radius 3 is 2.66 bits per heavy atom. The first-order valence-corrected chi connectivity index (χ1v) is 10.5. The number of benzene rings is 2. The highest BCUT2D eigenvalue weighted by atomic mass is 19.4. The Kier molecular flexibility index (Phi) is 6.06. The molecule has 4 rings (SSSR count). The number of nitrogens with one attached hydrogen (secondary N) is 1. The third-order valence-corrected chi connectivity index (χ3v) is 5.72. The normalized spacial score (nSPS) is 14.4. The molecule has 1 aromatic heterocycles. The van der Waals surface area contributed by atoms with Crippen LogP contribution in [0, 0.1) is 0 Å². The number of pyridine rings is 1. The van der Waals surface area contributed by atoms with Gasteiger partial charge in [0.05, 0.1) is 17.1 Å². The van der Waals surface area contributed by atoms with Gasteiger partial charge < -0.3 is 15.8 Å². The summed E-state index contributed by atoms with van der Waals surface area (Å²) in [5.41, 5.74) is 9.05. The lowest BCUT2D eigenvalue weighted by Crippen LogP contribution is -2.38. The maximum Gasteiger partial charge on any atom is 0.416 e. The highest BCUT2D eigenvalue weighted by molar-refractivity contribution is 5.82. The molecule has 2 aromatic carbocycles. The van der Waals surface area contributed by atoms with Crippen LogP contribution in [0.1, 0.15) is 41.2 Å². The third-order valence-electron chi connectivity index (χ3n) is 5.72. The molecule has 1 heterocycles. The fraction of sp³-hybridized carbons (Fsp3) is 0.333. The van der Waals surface area contributed by atoms with E-state index in [1.807, 2.05) is 6.07 Å². The summed E-state index contributed by atoms with van der Waals surface area (Å²) in [6.45, 7) is 1.88. The molecule has 0 bridgehead atoms. The largest absolute Gasteiger partial charge is 0.473 e. The van der Waals surface area contributed by atoms with Crippen LogP contribution in [0.25, 0.3) is 10.9 Å². The summed E-state index contributed by atoms with van der Waals surface area (Å²) in [7, 11) is 0. The quantitative estimate of drug-likeness (QED) is 0.571. The topological polar surface area (TPSA) is 77.2 Å². The number of amides is 1. The monoisotopic (exact) mass is 443 g/mol. The van der Waals surface area contributed by atoms with Crippen LogP contribution in [-0.2, 0) is 37.0 Å². The number of carbonyl (C=O) groups is 1. The van der Waals surface area contributed by atoms with Crippen molar-refractivity contribution in [3.8, 4) is 5.88 Å². The lowest BCUT2D eigenvalue weighted by atomic mass is 10.0. The smallest absolute Gasteiger partial charge is 0.416 e. The number of primary amides is 1. The number of carbonyl (C=O) groups excluding carboxylic acids is 1. The van der Waals surface area contributed by atoms with E-state index in [-0.39, 0.29) is 13.2 Å². The molecule has 1 atom stereocenters. The molecule has 0 saturated carbocycles. The maximum absolute atomic E-state index is 13.0. The number of ether oxygens (including phenoxy) is 1. The molecule has 168 valence electrons. The van der Waals surface area contributed by atoms with Gasteiger partial charge in [0.15, 0.2) is 0 Å². The SMILES string of the molecule is C[C@H](NCc1cc2cc3c(cc2nc1OCc1cccc(C(F)(F)F)c1)CCC3)C(N)=O. The number of nitrogens with two attached hydrogens (primary N) is 1. The van der Waals surface area contributed by atoms with Crippen LogP contribution in [0.2, 0.25) is 0 Å². The molecule has 1 aliphatic rings. The van der Waals surface area contributed by atoms with Crippen LogP contribution < -0.4 is 15.8 Å². The van der Waals surface area contributed by atoms with Crippen molar-refractivity contribution >= 4 is 16.8 Å². The van der Waals surface area contributed by atoms with E-state index in [0.29, 0.717) is 17.0 Å². The summed E-state index contributed by atoms with van der Waals surface area (Å²) in [6, 6.07) is 10.6. The van der Waals surface area contributed by atoms with Gasteiger partial charge in [-0.25, -0.2) is 4.98 Å². The standard InChI is InChI=1S/C24H24F3N3O2/c1-14(22(28)31)29-12-19-10-18-9-16-5-3-6-17(16)11-21(18)30-23(19)32-13-15-4-2-7-20(8-15)24(25,26)27/h2,4,7-11,14,29H,3,5-6,12-13H2,1H3,(H2,28,31)/t14-/m0/s1. The molecule has 0 saturated heterocycles. The number of fused-ring (bicyclic) bond motifs is 2. The molecule has 1 amide bonds. The van der Waals surface area contributed by atoms with E-state index < -0.39 is 23.7 Å². The molecule has 0 unspecified atom stereocenters. The zero-order valence-electron chi connectivity index (χ0n) is 17.6. The number of aryl methyl sites for hydroxylation is 2. The summed E-state index contributed by atoms with van der Waals surface area (Å²) in [6.07, 6.45) is -1.27. The van der Waals surface area contributed by atoms with E-state index in [1.54, 1.807) is 13.0 Å². The van der Waals surface area contributed by atoms with Gasteiger partial charge in [0.2, 0.25) is 11.8 Å². The van der Waals surface area contributed by atoms with Gasteiger partial charge in [-0.05, 0) is 73.2 Å². The number of hydrogen-bond donors (Lipinski definition) is 2. The van der Waals surface area contributed by atoms with Crippen LogP contribution in [-0.4, -0.2) is 16.9 Å². The Morgan fingerprint density at radius 1 is 1.19 bits per heavy atom. The second-order valence-electron chi connectivity index (χ2n) is 8.11. The Labute approximate surface area is 183 Å². The van der Waals surface area contributed by atoms with E-state index >= 15 is 0 Å². The van der Waals surface area contributed by atoms with Crippen LogP contribution in [0.3, 0.4) is 0 Å². The average molecular weight is 443 g/mol. The van der Waals surface area contributed by atoms with Gasteiger partial charge in [0, 0.05) is 17.5 Å². The van der Waals surface area contributed by atoms with Crippen molar-refractivity contribution < 1.29 is 22.7 Å². The second kappa shape index (κ2) is 8.78. The van der Waals surface area contributed by atoms with Crippen molar-refractivity contribution in [3.05, 3.63) is 70.3 Å². The molecular weight excluding hydrogens is 419 g/mol. The highest BCUT2D eigenvalue weighted by Gasteiger charge is 2.30. The molecule has 0 spiro atoms. The molecular formula is C24H24F3N3O2. The van der Waals surface area contributed by atoms with Gasteiger partial charge in [0.25, 0.3) is 0 Å². The minimum Gasteiger partial charge on any atom is -0.473 e. The van der Waals surface area contributed by atoms with Gasteiger partial charge in [0.1, 0.15) is 6.61 Å². The summed E-state index contributed by atoms with van der Waals surface area (Å²) in [5.74, 6) is -0.167. The Balaban J connectivity index is 1.64. The van der Waals surface area contributed by atoms with Crippen LogP contribution >= 0.6 is 0 Å². The molecule has 1 aliphatic carbocycles. The zero-order chi connectivity index (χ0) is 22.9. The number of halogens is 3. The van der Waals surface area contributed by atoms with Crippen molar-refractivity contribution in [2.45, 2.75) is 51.6 Å². The van der Waals surface area contributed by atoms with Gasteiger partial charge in [-0.15, -0.1) is 0 Å². The highest BCUT2D eigenvalue weighted by Crippen LogP contribution is 2.31. The Bertz CT molecular complexity index is 1160. The van der Waals surface area contributed by atoms with Crippen LogP contribution in [0.15, 0.2) is 42.5 Å². The summed E-state index contributed by atoms with van der Waals surface area (Å²) in [5, 5.41) is 4.00. The summed E-state index contributed by atoms with van der Waals surface area (Å²) in [4.78, 5) is 16.1. The molecule has 0 aliphatic heterocycles. The van der Waals surface area contributed by atoms with Crippen molar-refractivity contribution in [1.82, 2.24) is 10.3 Å². The fourth-order valence-corrected chi connectivity index (χ4v) is 3.88. The summed E-state index contributed by atoms with van der Waals surface area (Å²) < 4.78 is 44.9. The molecule has 0 radical (unpaired) electrons. The Hall–Kier alpha value is -3.13. The average Bonchev–Trinajstić information content (AvgIpc) is 3.20. The minimum absolute atomic E-state index is 0.0637. The lowest BCUT2D eigenvalue weighted by molar-refractivity contribution is -0.137. The van der Waals surface area contributed by atoms with Crippen LogP contribution in [0.4, 0.5) is 13.2 Å².